The Morgan fingerprint density at radius 3 is 2.62 bits per heavy atom. The highest BCUT2D eigenvalue weighted by Gasteiger charge is 2.23. The second kappa shape index (κ2) is 4.89. The van der Waals surface area contributed by atoms with Gasteiger partial charge in [-0.1, -0.05) is 13.8 Å². The van der Waals surface area contributed by atoms with Gasteiger partial charge in [-0.25, -0.2) is 0 Å². The molecule has 0 aliphatic carbocycles. The molecule has 1 fully saturated rings. The lowest BCUT2D eigenvalue weighted by Gasteiger charge is -2.25. The van der Waals surface area contributed by atoms with E-state index in [0.29, 0.717) is 17.7 Å². The standard InChI is InChI=1S/C10H19NOS/c1-8(2)9(7-13)6-11-5-3-4-10(11)12/h8-9,13H,3-7H2,1-2H3. The van der Waals surface area contributed by atoms with Crippen LogP contribution in [0.5, 0.6) is 0 Å². The lowest BCUT2D eigenvalue weighted by molar-refractivity contribution is -0.128. The maximum absolute atomic E-state index is 11.3. The first kappa shape index (κ1) is 10.9. The summed E-state index contributed by atoms with van der Waals surface area (Å²) in [5, 5.41) is 0. The summed E-state index contributed by atoms with van der Waals surface area (Å²) < 4.78 is 0. The number of thiol groups is 1. The van der Waals surface area contributed by atoms with Crippen molar-refractivity contribution in [1.29, 1.82) is 0 Å². The predicted molar refractivity (Wildman–Crippen MR) is 58.0 cm³/mol. The minimum Gasteiger partial charge on any atom is -0.342 e. The second-order valence-corrected chi connectivity index (χ2v) is 4.50. The van der Waals surface area contributed by atoms with Crippen LogP contribution in [0.4, 0.5) is 0 Å². The van der Waals surface area contributed by atoms with Crippen LogP contribution in [0.1, 0.15) is 26.7 Å². The van der Waals surface area contributed by atoms with Gasteiger partial charge in [-0.05, 0) is 24.0 Å². The van der Waals surface area contributed by atoms with Crippen molar-refractivity contribution in [3.8, 4) is 0 Å². The van der Waals surface area contributed by atoms with Crippen LogP contribution in [-0.4, -0.2) is 29.6 Å². The number of hydrogen-bond acceptors (Lipinski definition) is 2. The Morgan fingerprint density at radius 1 is 1.54 bits per heavy atom. The molecule has 1 aliphatic rings. The second-order valence-electron chi connectivity index (χ2n) is 4.13. The van der Waals surface area contributed by atoms with E-state index in [2.05, 4.69) is 26.5 Å². The molecule has 1 unspecified atom stereocenters. The summed E-state index contributed by atoms with van der Waals surface area (Å²) in [5.41, 5.74) is 0. The first-order valence-electron chi connectivity index (χ1n) is 5.03. The lowest BCUT2D eigenvalue weighted by Crippen LogP contribution is -2.33. The number of likely N-dealkylation sites (tertiary alicyclic amines) is 1. The van der Waals surface area contributed by atoms with Gasteiger partial charge in [-0.2, -0.15) is 12.6 Å². The molecular formula is C10H19NOS. The van der Waals surface area contributed by atoms with Gasteiger partial charge in [-0.3, -0.25) is 4.79 Å². The largest absolute Gasteiger partial charge is 0.342 e. The fourth-order valence-electron chi connectivity index (χ4n) is 1.66. The quantitative estimate of drug-likeness (QED) is 0.688. The van der Waals surface area contributed by atoms with Gasteiger partial charge >= 0.3 is 0 Å². The number of carbonyl (C=O) groups is 1. The molecular weight excluding hydrogens is 182 g/mol. The summed E-state index contributed by atoms with van der Waals surface area (Å²) in [6.45, 7) is 6.25. The van der Waals surface area contributed by atoms with Crippen molar-refractivity contribution in [2.45, 2.75) is 26.7 Å². The molecule has 1 amide bonds. The molecule has 1 rings (SSSR count). The molecule has 1 saturated heterocycles. The van der Waals surface area contributed by atoms with Gasteiger partial charge < -0.3 is 4.90 Å². The van der Waals surface area contributed by atoms with Crippen LogP contribution >= 0.6 is 12.6 Å². The summed E-state index contributed by atoms with van der Waals surface area (Å²) in [6, 6.07) is 0. The zero-order chi connectivity index (χ0) is 9.84. The van der Waals surface area contributed by atoms with Crippen molar-refractivity contribution < 1.29 is 4.79 Å². The number of rotatable bonds is 4. The molecule has 0 aromatic carbocycles. The Hall–Kier alpha value is -0.180. The fourth-order valence-corrected chi connectivity index (χ4v) is 2.20. The Bertz CT molecular complexity index is 182. The van der Waals surface area contributed by atoms with E-state index in [9.17, 15) is 4.79 Å². The Morgan fingerprint density at radius 2 is 2.23 bits per heavy atom. The smallest absolute Gasteiger partial charge is 0.222 e. The maximum atomic E-state index is 11.3. The third-order valence-corrected chi connectivity index (χ3v) is 3.27. The highest BCUT2D eigenvalue weighted by molar-refractivity contribution is 7.80. The van der Waals surface area contributed by atoms with Gasteiger partial charge in [0.05, 0.1) is 0 Å². The summed E-state index contributed by atoms with van der Waals surface area (Å²) in [7, 11) is 0. The molecule has 2 nitrogen and oxygen atoms in total. The maximum Gasteiger partial charge on any atom is 0.222 e. The van der Waals surface area contributed by atoms with Crippen molar-refractivity contribution in [1.82, 2.24) is 4.90 Å². The SMILES string of the molecule is CC(C)C(CS)CN1CCCC1=O. The Labute approximate surface area is 86.1 Å². The van der Waals surface area contributed by atoms with E-state index in [-0.39, 0.29) is 0 Å². The molecule has 0 aromatic rings. The molecule has 0 N–H and O–H groups in total. The van der Waals surface area contributed by atoms with Crippen molar-refractivity contribution in [2.75, 3.05) is 18.8 Å². The van der Waals surface area contributed by atoms with E-state index in [4.69, 9.17) is 0 Å². The third kappa shape index (κ3) is 2.90. The Balaban J connectivity index is 2.41. The minimum absolute atomic E-state index is 0.326. The van der Waals surface area contributed by atoms with E-state index < -0.39 is 0 Å². The van der Waals surface area contributed by atoms with Crippen LogP contribution in [0.2, 0.25) is 0 Å². The molecule has 76 valence electrons. The topological polar surface area (TPSA) is 20.3 Å². The minimum atomic E-state index is 0.326. The van der Waals surface area contributed by atoms with E-state index in [1.54, 1.807) is 0 Å². The van der Waals surface area contributed by atoms with Crippen LogP contribution in [0.3, 0.4) is 0 Å². The third-order valence-electron chi connectivity index (χ3n) is 2.80. The van der Waals surface area contributed by atoms with Gasteiger partial charge in [0.15, 0.2) is 0 Å². The highest BCUT2D eigenvalue weighted by atomic mass is 32.1. The summed E-state index contributed by atoms with van der Waals surface area (Å²) in [6.07, 6.45) is 1.79. The normalized spacial score (nSPS) is 20.0. The first-order chi connectivity index (χ1) is 6.15. The van der Waals surface area contributed by atoms with Crippen LogP contribution < -0.4 is 0 Å². The molecule has 3 heteroatoms. The van der Waals surface area contributed by atoms with Gasteiger partial charge in [0, 0.05) is 19.5 Å². The number of amides is 1. The monoisotopic (exact) mass is 201 g/mol. The zero-order valence-corrected chi connectivity index (χ0v) is 9.39. The average Bonchev–Trinajstić information content (AvgIpc) is 2.46. The van der Waals surface area contributed by atoms with E-state index in [0.717, 1.165) is 31.7 Å². The molecule has 1 atom stereocenters. The van der Waals surface area contributed by atoms with Crippen LogP contribution in [0.15, 0.2) is 0 Å². The van der Waals surface area contributed by atoms with Crippen molar-refractivity contribution >= 4 is 18.5 Å². The number of hydrogen-bond donors (Lipinski definition) is 1. The predicted octanol–water partition coefficient (Wildman–Crippen LogP) is 1.81. The van der Waals surface area contributed by atoms with E-state index in [1.165, 1.54) is 0 Å². The fraction of sp³-hybridized carbons (Fsp3) is 0.900. The Kier molecular flexibility index (Phi) is 4.10. The van der Waals surface area contributed by atoms with Crippen LogP contribution in [0.25, 0.3) is 0 Å². The van der Waals surface area contributed by atoms with E-state index in [1.807, 2.05) is 4.90 Å². The highest BCUT2D eigenvalue weighted by Crippen LogP contribution is 2.18. The number of nitrogens with zero attached hydrogens (tertiary/aromatic N) is 1. The molecule has 0 spiro atoms. The van der Waals surface area contributed by atoms with Gasteiger partial charge in [0.25, 0.3) is 0 Å². The van der Waals surface area contributed by atoms with Crippen LogP contribution in [-0.2, 0) is 4.79 Å². The lowest BCUT2D eigenvalue weighted by atomic mass is 9.97. The molecule has 13 heavy (non-hydrogen) atoms. The summed E-state index contributed by atoms with van der Waals surface area (Å²) in [4.78, 5) is 13.3. The number of carbonyl (C=O) groups excluding carboxylic acids is 1. The van der Waals surface area contributed by atoms with Crippen molar-refractivity contribution in [3.63, 3.8) is 0 Å². The molecule has 0 radical (unpaired) electrons. The molecule has 0 bridgehead atoms. The van der Waals surface area contributed by atoms with Gasteiger partial charge in [-0.15, -0.1) is 0 Å². The molecule has 0 aromatic heterocycles. The summed E-state index contributed by atoms with van der Waals surface area (Å²) in [5.74, 6) is 2.37. The van der Waals surface area contributed by atoms with Crippen LogP contribution in [0, 0.1) is 11.8 Å². The molecule has 1 aliphatic heterocycles. The molecule has 0 saturated carbocycles. The van der Waals surface area contributed by atoms with Gasteiger partial charge in [0.2, 0.25) is 5.91 Å². The average molecular weight is 201 g/mol. The molecule has 1 heterocycles. The van der Waals surface area contributed by atoms with Crippen molar-refractivity contribution in [3.05, 3.63) is 0 Å². The summed E-state index contributed by atoms with van der Waals surface area (Å²) >= 11 is 4.32. The van der Waals surface area contributed by atoms with Crippen molar-refractivity contribution in [2.24, 2.45) is 11.8 Å². The zero-order valence-electron chi connectivity index (χ0n) is 8.49. The van der Waals surface area contributed by atoms with E-state index >= 15 is 0 Å². The van der Waals surface area contributed by atoms with Gasteiger partial charge in [0.1, 0.15) is 0 Å². The first-order valence-corrected chi connectivity index (χ1v) is 5.67.